The van der Waals surface area contributed by atoms with E-state index in [9.17, 15) is 18.0 Å². The van der Waals surface area contributed by atoms with Gasteiger partial charge in [0.1, 0.15) is 5.82 Å². The lowest BCUT2D eigenvalue weighted by Crippen LogP contribution is -2.38. The normalized spacial score (nSPS) is 12.4. The summed E-state index contributed by atoms with van der Waals surface area (Å²) in [5.74, 6) is -1.40. The number of hydrogen-bond acceptors (Lipinski definition) is 3. The summed E-state index contributed by atoms with van der Waals surface area (Å²) >= 11 is 6.30. The van der Waals surface area contributed by atoms with Crippen molar-refractivity contribution in [3.63, 3.8) is 0 Å². The van der Waals surface area contributed by atoms with E-state index in [1.165, 1.54) is 0 Å². The molecule has 3 aromatic rings. The van der Waals surface area contributed by atoms with Crippen molar-refractivity contribution in [1.82, 2.24) is 25.8 Å². The molecule has 0 aliphatic carbocycles. The number of carbonyl (C=O) groups excluding carboxylic acids is 1. The van der Waals surface area contributed by atoms with Gasteiger partial charge in [0.25, 0.3) is 5.82 Å². The molecule has 3 N–H and O–H groups in total. The van der Waals surface area contributed by atoms with Crippen molar-refractivity contribution in [2.75, 3.05) is 0 Å². The maximum Gasteiger partial charge on any atom is 0.453 e. The molecule has 0 saturated carbocycles. The Kier molecular flexibility index (Phi) is 6.07. The standard InChI is InChI=1S/C19H17ClF3N5O/c1-11-6-8-12(9-7-11)16(13-4-2-3-5-14(13)20)26-18(29)24-10-15-25-17(28-27-15)19(21,22)23/h2-9,16H,10H2,1H3,(H2,24,26,29)(H,25,27,28). The predicted octanol–water partition coefficient (Wildman–Crippen LogP) is 4.37. The summed E-state index contributed by atoms with van der Waals surface area (Å²) in [6, 6.07) is 13.5. The molecule has 0 aliphatic heterocycles. The van der Waals surface area contributed by atoms with Crippen molar-refractivity contribution in [3.8, 4) is 0 Å². The number of aromatic amines is 1. The molecule has 0 aliphatic rings. The van der Waals surface area contributed by atoms with Gasteiger partial charge in [-0.25, -0.2) is 9.78 Å². The number of urea groups is 1. The van der Waals surface area contributed by atoms with Gasteiger partial charge in [0.05, 0.1) is 12.6 Å². The second-order valence-electron chi connectivity index (χ2n) is 6.30. The SMILES string of the molecule is Cc1ccc(C(NC(=O)NCc2nc(C(F)(F)F)n[nH]2)c2ccccc2Cl)cc1. The fourth-order valence-electron chi connectivity index (χ4n) is 2.66. The van der Waals surface area contributed by atoms with Crippen LogP contribution >= 0.6 is 11.6 Å². The lowest BCUT2D eigenvalue weighted by Gasteiger charge is -2.21. The number of halogens is 4. The van der Waals surface area contributed by atoms with E-state index in [1.54, 1.807) is 24.3 Å². The van der Waals surface area contributed by atoms with Gasteiger partial charge < -0.3 is 10.6 Å². The molecule has 0 fully saturated rings. The van der Waals surface area contributed by atoms with Crippen LogP contribution in [0.2, 0.25) is 5.02 Å². The largest absolute Gasteiger partial charge is 0.453 e. The van der Waals surface area contributed by atoms with Crippen molar-refractivity contribution in [1.29, 1.82) is 0 Å². The Morgan fingerprint density at radius 3 is 2.48 bits per heavy atom. The number of hydrogen-bond donors (Lipinski definition) is 3. The number of aryl methyl sites for hydroxylation is 1. The molecule has 1 aromatic heterocycles. The van der Waals surface area contributed by atoms with E-state index in [4.69, 9.17) is 11.6 Å². The Balaban J connectivity index is 1.74. The first-order valence-electron chi connectivity index (χ1n) is 8.58. The highest BCUT2D eigenvalue weighted by atomic mass is 35.5. The van der Waals surface area contributed by atoms with Crippen LogP contribution in [0.1, 0.15) is 34.4 Å². The number of alkyl halides is 3. The first-order chi connectivity index (χ1) is 13.7. The van der Waals surface area contributed by atoms with E-state index in [0.717, 1.165) is 11.1 Å². The van der Waals surface area contributed by atoms with Crippen molar-refractivity contribution < 1.29 is 18.0 Å². The summed E-state index contributed by atoms with van der Waals surface area (Å²) in [5, 5.41) is 11.0. The first-order valence-corrected chi connectivity index (χ1v) is 8.95. The van der Waals surface area contributed by atoms with Crippen LogP contribution in [0.4, 0.5) is 18.0 Å². The minimum Gasteiger partial charge on any atom is -0.331 e. The third-order valence-electron chi connectivity index (χ3n) is 4.10. The Hall–Kier alpha value is -3.07. The Bertz CT molecular complexity index is 988. The summed E-state index contributed by atoms with van der Waals surface area (Å²) < 4.78 is 37.7. The molecule has 1 heterocycles. The molecule has 2 amide bonds. The zero-order valence-corrected chi connectivity index (χ0v) is 16.0. The van der Waals surface area contributed by atoms with Crippen molar-refractivity contribution in [3.05, 3.63) is 81.9 Å². The number of H-pyrrole nitrogens is 1. The third kappa shape index (κ3) is 5.26. The van der Waals surface area contributed by atoms with E-state index in [0.29, 0.717) is 10.6 Å². The van der Waals surface area contributed by atoms with Crippen LogP contribution < -0.4 is 10.6 Å². The van der Waals surface area contributed by atoms with Crippen molar-refractivity contribution >= 4 is 17.6 Å². The van der Waals surface area contributed by atoms with E-state index >= 15 is 0 Å². The summed E-state index contributed by atoms with van der Waals surface area (Å²) in [5.41, 5.74) is 2.55. The van der Waals surface area contributed by atoms with Crippen LogP contribution in [-0.2, 0) is 12.7 Å². The molecule has 3 rings (SSSR count). The quantitative estimate of drug-likeness (QED) is 0.569. The fraction of sp³-hybridized carbons (Fsp3) is 0.211. The zero-order chi connectivity index (χ0) is 21.0. The van der Waals surface area contributed by atoms with Crippen LogP contribution in [0.25, 0.3) is 0 Å². The molecule has 1 unspecified atom stereocenters. The topological polar surface area (TPSA) is 82.7 Å². The molecule has 29 heavy (non-hydrogen) atoms. The van der Waals surface area contributed by atoms with Gasteiger partial charge in [0, 0.05) is 5.02 Å². The van der Waals surface area contributed by atoms with Gasteiger partial charge in [-0.15, -0.1) is 5.10 Å². The smallest absolute Gasteiger partial charge is 0.331 e. The molecule has 152 valence electrons. The summed E-state index contributed by atoms with van der Waals surface area (Å²) in [7, 11) is 0. The highest BCUT2D eigenvalue weighted by molar-refractivity contribution is 6.31. The number of aromatic nitrogens is 3. The number of rotatable bonds is 5. The molecule has 0 spiro atoms. The number of nitrogens with one attached hydrogen (secondary N) is 3. The Morgan fingerprint density at radius 1 is 1.17 bits per heavy atom. The zero-order valence-electron chi connectivity index (χ0n) is 15.2. The maximum absolute atomic E-state index is 12.6. The van der Waals surface area contributed by atoms with Crippen LogP contribution in [0.3, 0.4) is 0 Å². The highest BCUT2D eigenvalue weighted by Gasteiger charge is 2.36. The molecule has 10 heteroatoms. The minimum atomic E-state index is -4.66. The Morgan fingerprint density at radius 2 is 1.86 bits per heavy atom. The lowest BCUT2D eigenvalue weighted by atomic mass is 9.98. The summed E-state index contributed by atoms with van der Waals surface area (Å²) in [6.07, 6.45) is -4.66. The molecule has 0 radical (unpaired) electrons. The highest BCUT2D eigenvalue weighted by Crippen LogP contribution is 2.28. The van der Waals surface area contributed by atoms with Crippen LogP contribution in [0, 0.1) is 6.92 Å². The van der Waals surface area contributed by atoms with Gasteiger partial charge in [0.2, 0.25) is 0 Å². The van der Waals surface area contributed by atoms with Gasteiger partial charge in [-0.2, -0.15) is 13.2 Å². The lowest BCUT2D eigenvalue weighted by molar-refractivity contribution is -0.144. The van der Waals surface area contributed by atoms with E-state index < -0.39 is 24.1 Å². The monoisotopic (exact) mass is 423 g/mol. The maximum atomic E-state index is 12.6. The van der Waals surface area contributed by atoms with Gasteiger partial charge in [-0.3, -0.25) is 5.10 Å². The number of nitrogens with zero attached hydrogens (tertiary/aromatic N) is 2. The number of amides is 2. The second-order valence-corrected chi connectivity index (χ2v) is 6.70. The summed E-state index contributed by atoms with van der Waals surface area (Å²) in [6.45, 7) is 1.69. The summed E-state index contributed by atoms with van der Waals surface area (Å²) in [4.78, 5) is 15.7. The average molecular weight is 424 g/mol. The number of carbonyl (C=O) groups is 1. The third-order valence-corrected chi connectivity index (χ3v) is 4.45. The second kappa shape index (κ2) is 8.52. The van der Waals surface area contributed by atoms with Crippen LogP contribution in [0.15, 0.2) is 48.5 Å². The van der Waals surface area contributed by atoms with Gasteiger partial charge in [-0.05, 0) is 24.1 Å². The van der Waals surface area contributed by atoms with Gasteiger partial charge in [0.15, 0.2) is 0 Å². The Labute approximate surface area is 169 Å². The minimum absolute atomic E-state index is 0.114. The van der Waals surface area contributed by atoms with E-state index in [2.05, 4.69) is 25.8 Å². The van der Waals surface area contributed by atoms with Crippen LogP contribution in [-0.4, -0.2) is 21.2 Å². The molecule has 0 bridgehead atoms. The van der Waals surface area contributed by atoms with Crippen molar-refractivity contribution in [2.45, 2.75) is 25.7 Å². The molecule has 2 aromatic carbocycles. The first kappa shape index (κ1) is 20.7. The van der Waals surface area contributed by atoms with Crippen molar-refractivity contribution in [2.24, 2.45) is 0 Å². The van der Waals surface area contributed by atoms with E-state index in [1.807, 2.05) is 31.2 Å². The van der Waals surface area contributed by atoms with Gasteiger partial charge >= 0.3 is 12.2 Å². The fourth-order valence-corrected chi connectivity index (χ4v) is 2.90. The molecule has 0 saturated heterocycles. The molecular formula is C19H17ClF3N5O. The molecule has 6 nitrogen and oxygen atoms in total. The van der Waals surface area contributed by atoms with E-state index in [-0.39, 0.29) is 12.4 Å². The number of benzene rings is 2. The predicted molar refractivity (Wildman–Crippen MR) is 101 cm³/mol. The molecule has 1 atom stereocenters. The molecular weight excluding hydrogens is 407 g/mol. The van der Waals surface area contributed by atoms with Gasteiger partial charge in [-0.1, -0.05) is 59.6 Å². The average Bonchev–Trinajstić information content (AvgIpc) is 3.16. The van der Waals surface area contributed by atoms with Crippen LogP contribution in [0.5, 0.6) is 0 Å².